The molecule has 2 heteroatoms. The maximum Gasteiger partial charge on any atom is 0.160 e. The summed E-state index contributed by atoms with van der Waals surface area (Å²) in [6.07, 6.45) is 1.62. The van der Waals surface area contributed by atoms with Crippen molar-refractivity contribution in [2.24, 2.45) is 5.41 Å². The van der Waals surface area contributed by atoms with E-state index in [1.807, 2.05) is 25.1 Å². The van der Waals surface area contributed by atoms with Crippen LogP contribution in [-0.2, 0) is 11.3 Å². The van der Waals surface area contributed by atoms with E-state index in [2.05, 4.69) is 31.3 Å². The van der Waals surface area contributed by atoms with Gasteiger partial charge in [0.15, 0.2) is 5.78 Å². The van der Waals surface area contributed by atoms with Crippen LogP contribution in [0.2, 0.25) is 0 Å². The molecule has 0 saturated heterocycles. The fourth-order valence-electron chi connectivity index (χ4n) is 2.41. The predicted octanol–water partition coefficient (Wildman–Crippen LogP) is 3.44. The summed E-state index contributed by atoms with van der Waals surface area (Å²) in [5.41, 5.74) is 3.34. The molecule has 1 aliphatic carbocycles. The highest BCUT2D eigenvalue weighted by atomic mass is 16.1. The van der Waals surface area contributed by atoms with Crippen LogP contribution in [0, 0.1) is 5.41 Å². The molecule has 0 atom stereocenters. The zero-order chi connectivity index (χ0) is 13.2. The highest BCUT2D eigenvalue weighted by Gasteiger charge is 2.30. The molecule has 1 aliphatic rings. The topological polar surface area (TPSA) is 29.1 Å². The van der Waals surface area contributed by atoms with E-state index in [1.165, 1.54) is 5.56 Å². The van der Waals surface area contributed by atoms with Gasteiger partial charge in [0.1, 0.15) is 0 Å². The van der Waals surface area contributed by atoms with Gasteiger partial charge in [-0.15, -0.1) is 0 Å². The highest BCUT2D eigenvalue weighted by molar-refractivity contribution is 5.96. The van der Waals surface area contributed by atoms with Crippen LogP contribution in [-0.4, -0.2) is 5.78 Å². The molecule has 0 unspecified atom stereocenters. The third-order valence-corrected chi connectivity index (χ3v) is 3.51. The van der Waals surface area contributed by atoms with Gasteiger partial charge < -0.3 is 5.32 Å². The van der Waals surface area contributed by atoms with E-state index in [9.17, 15) is 4.79 Å². The SMILES string of the molecule is CC1=C(NCc2ccccc2)CC(C)(C)CC1=O. The van der Waals surface area contributed by atoms with Crippen LogP contribution in [0.15, 0.2) is 41.6 Å². The van der Waals surface area contributed by atoms with Gasteiger partial charge in [-0.05, 0) is 24.3 Å². The lowest BCUT2D eigenvalue weighted by Gasteiger charge is -2.31. The van der Waals surface area contributed by atoms with Crippen molar-refractivity contribution in [2.45, 2.75) is 40.2 Å². The first kappa shape index (κ1) is 12.9. The number of carbonyl (C=O) groups is 1. The summed E-state index contributed by atoms with van der Waals surface area (Å²) in [6.45, 7) is 7.03. The number of carbonyl (C=O) groups excluding carboxylic acids is 1. The monoisotopic (exact) mass is 243 g/mol. The van der Waals surface area contributed by atoms with Crippen LogP contribution >= 0.6 is 0 Å². The lowest BCUT2D eigenvalue weighted by atomic mass is 9.76. The molecule has 0 spiro atoms. The summed E-state index contributed by atoms with van der Waals surface area (Å²) in [6, 6.07) is 10.3. The Hall–Kier alpha value is -1.57. The highest BCUT2D eigenvalue weighted by Crippen LogP contribution is 2.35. The van der Waals surface area contributed by atoms with Crippen molar-refractivity contribution in [3.8, 4) is 0 Å². The number of allylic oxidation sites excluding steroid dienone is 2. The molecule has 18 heavy (non-hydrogen) atoms. The van der Waals surface area contributed by atoms with Gasteiger partial charge in [0.2, 0.25) is 0 Å². The normalized spacial score (nSPS) is 18.9. The predicted molar refractivity (Wildman–Crippen MR) is 74.0 cm³/mol. The van der Waals surface area contributed by atoms with Crippen molar-refractivity contribution >= 4 is 5.78 Å². The second-order valence-electron chi connectivity index (χ2n) is 5.88. The number of rotatable bonds is 3. The van der Waals surface area contributed by atoms with Crippen LogP contribution in [0.4, 0.5) is 0 Å². The van der Waals surface area contributed by atoms with Crippen LogP contribution in [0.25, 0.3) is 0 Å². The molecule has 1 aromatic carbocycles. The zero-order valence-electron chi connectivity index (χ0n) is 11.4. The molecule has 0 bridgehead atoms. The molecule has 0 radical (unpaired) electrons. The Morgan fingerprint density at radius 1 is 1.17 bits per heavy atom. The Morgan fingerprint density at radius 3 is 2.50 bits per heavy atom. The van der Waals surface area contributed by atoms with Crippen molar-refractivity contribution in [3.05, 3.63) is 47.2 Å². The summed E-state index contributed by atoms with van der Waals surface area (Å²) in [5, 5.41) is 3.43. The summed E-state index contributed by atoms with van der Waals surface area (Å²) in [7, 11) is 0. The summed E-state index contributed by atoms with van der Waals surface area (Å²) in [4.78, 5) is 11.9. The van der Waals surface area contributed by atoms with E-state index in [0.29, 0.717) is 6.42 Å². The Bertz CT molecular complexity index is 471. The summed E-state index contributed by atoms with van der Waals surface area (Å²) in [5.74, 6) is 0.279. The molecule has 0 aliphatic heterocycles. The molecule has 96 valence electrons. The van der Waals surface area contributed by atoms with Gasteiger partial charge in [-0.3, -0.25) is 4.79 Å². The third kappa shape index (κ3) is 3.00. The molecule has 1 aromatic rings. The fraction of sp³-hybridized carbons (Fsp3) is 0.438. The first-order valence-electron chi connectivity index (χ1n) is 6.49. The quantitative estimate of drug-likeness (QED) is 0.881. The molecule has 2 rings (SSSR count). The summed E-state index contributed by atoms with van der Waals surface area (Å²) >= 11 is 0. The first-order chi connectivity index (χ1) is 8.48. The van der Waals surface area contributed by atoms with E-state index in [0.717, 1.165) is 24.2 Å². The zero-order valence-corrected chi connectivity index (χ0v) is 11.4. The Labute approximate surface area is 109 Å². The maximum atomic E-state index is 11.9. The van der Waals surface area contributed by atoms with Gasteiger partial charge in [0.25, 0.3) is 0 Å². The third-order valence-electron chi connectivity index (χ3n) is 3.51. The standard InChI is InChI=1S/C16H21NO/c1-12-14(9-16(2,3)10-15(12)18)17-11-13-7-5-4-6-8-13/h4-8,17H,9-11H2,1-3H3. The molecular weight excluding hydrogens is 222 g/mol. The average Bonchev–Trinajstić information content (AvgIpc) is 2.33. The van der Waals surface area contributed by atoms with E-state index in [4.69, 9.17) is 0 Å². The Kier molecular flexibility index (Phi) is 3.55. The van der Waals surface area contributed by atoms with E-state index in [1.54, 1.807) is 0 Å². The van der Waals surface area contributed by atoms with Crippen molar-refractivity contribution in [1.82, 2.24) is 5.32 Å². The van der Waals surface area contributed by atoms with Crippen molar-refractivity contribution in [1.29, 1.82) is 0 Å². The van der Waals surface area contributed by atoms with Crippen molar-refractivity contribution in [2.75, 3.05) is 0 Å². The van der Waals surface area contributed by atoms with Gasteiger partial charge in [0, 0.05) is 24.2 Å². The van der Waals surface area contributed by atoms with Gasteiger partial charge in [-0.25, -0.2) is 0 Å². The smallest absolute Gasteiger partial charge is 0.160 e. The molecule has 0 fully saturated rings. The number of ketones is 1. The number of Topliss-reactive ketones (excluding diaryl/α,β-unsaturated/α-hetero) is 1. The lowest BCUT2D eigenvalue weighted by Crippen LogP contribution is -2.30. The van der Waals surface area contributed by atoms with Crippen LogP contribution in [0.3, 0.4) is 0 Å². The van der Waals surface area contributed by atoms with E-state index < -0.39 is 0 Å². The van der Waals surface area contributed by atoms with Gasteiger partial charge in [-0.1, -0.05) is 44.2 Å². The average molecular weight is 243 g/mol. The van der Waals surface area contributed by atoms with E-state index >= 15 is 0 Å². The van der Waals surface area contributed by atoms with Crippen LogP contribution in [0.5, 0.6) is 0 Å². The molecular formula is C16H21NO. The van der Waals surface area contributed by atoms with Gasteiger partial charge in [0.05, 0.1) is 0 Å². The number of nitrogens with one attached hydrogen (secondary N) is 1. The van der Waals surface area contributed by atoms with Crippen LogP contribution in [0.1, 0.15) is 39.2 Å². The van der Waals surface area contributed by atoms with Crippen molar-refractivity contribution < 1.29 is 4.79 Å². The molecule has 0 saturated carbocycles. The second-order valence-corrected chi connectivity index (χ2v) is 5.88. The Morgan fingerprint density at radius 2 is 1.83 bits per heavy atom. The first-order valence-corrected chi connectivity index (χ1v) is 6.49. The van der Waals surface area contributed by atoms with Crippen molar-refractivity contribution in [3.63, 3.8) is 0 Å². The molecule has 1 N–H and O–H groups in total. The summed E-state index contributed by atoms with van der Waals surface area (Å²) < 4.78 is 0. The minimum absolute atomic E-state index is 0.0790. The largest absolute Gasteiger partial charge is 0.384 e. The van der Waals surface area contributed by atoms with E-state index in [-0.39, 0.29) is 11.2 Å². The minimum atomic E-state index is 0.0790. The molecule has 2 nitrogen and oxygen atoms in total. The van der Waals surface area contributed by atoms with Crippen LogP contribution < -0.4 is 5.32 Å². The maximum absolute atomic E-state index is 11.9. The number of hydrogen-bond acceptors (Lipinski definition) is 2. The van der Waals surface area contributed by atoms with Gasteiger partial charge in [-0.2, -0.15) is 0 Å². The number of hydrogen-bond donors (Lipinski definition) is 1. The Balaban J connectivity index is 2.08. The number of benzene rings is 1. The second kappa shape index (κ2) is 4.97. The molecule has 0 heterocycles. The van der Waals surface area contributed by atoms with Gasteiger partial charge >= 0.3 is 0 Å². The molecule has 0 aromatic heterocycles. The lowest BCUT2D eigenvalue weighted by molar-refractivity contribution is -0.118. The fourth-order valence-corrected chi connectivity index (χ4v) is 2.41. The molecule has 0 amide bonds. The minimum Gasteiger partial charge on any atom is -0.384 e.